The van der Waals surface area contributed by atoms with Crippen molar-refractivity contribution in [3.05, 3.63) is 31.9 Å². The minimum absolute atomic E-state index is 0.237. The van der Waals surface area contributed by atoms with Crippen molar-refractivity contribution < 1.29 is 8.42 Å². The zero-order chi connectivity index (χ0) is 14.8. The first-order valence-corrected chi connectivity index (χ1v) is 9.36. The van der Waals surface area contributed by atoms with Gasteiger partial charge in [-0.15, -0.1) is 22.7 Å². The number of sulfonamides is 1. The van der Waals surface area contributed by atoms with E-state index in [1.165, 1.54) is 11.3 Å². The molecule has 0 atom stereocenters. The molecule has 0 aliphatic rings. The van der Waals surface area contributed by atoms with Crippen LogP contribution < -0.4 is 10.5 Å². The quantitative estimate of drug-likeness (QED) is 0.845. The Balaban J connectivity index is 2.06. The number of thiophene rings is 1. The lowest BCUT2D eigenvalue weighted by Gasteiger charge is -2.07. The fourth-order valence-corrected chi connectivity index (χ4v) is 5.38. The van der Waals surface area contributed by atoms with Crippen molar-refractivity contribution in [3.63, 3.8) is 0 Å². The van der Waals surface area contributed by atoms with Gasteiger partial charge in [-0.05, 0) is 24.8 Å². The Bertz CT molecular complexity index is 689. The number of rotatable bonds is 6. The van der Waals surface area contributed by atoms with Crippen molar-refractivity contribution in [3.8, 4) is 0 Å². The van der Waals surface area contributed by atoms with Crippen LogP contribution in [-0.4, -0.2) is 19.9 Å². The Morgan fingerprint density at radius 3 is 2.65 bits per heavy atom. The molecule has 2 heterocycles. The van der Waals surface area contributed by atoms with Crippen LogP contribution in [0.1, 0.15) is 21.1 Å². The second-order valence-electron chi connectivity index (χ2n) is 4.41. The highest BCUT2D eigenvalue weighted by Gasteiger charge is 2.21. The van der Waals surface area contributed by atoms with E-state index in [4.69, 9.17) is 5.73 Å². The highest BCUT2D eigenvalue weighted by Crippen LogP contribution is 2.26. The van der Waals surface area contributed by atoms with Gasteiger partial charge >= 0.3 is 0 Å². The molecule has 20 heavy (non-hydrogen) atoms. The van der Waals surface area contributed by atoms with Gasteiger partial charge in [0.15, 0.2) is 0 Å². The predicted molar refractivity (Wildman–Crippen MR) is 82.7 cm³/mol. The second kappa shape index (κ2) is 6.31. The van der Waals surface area contributed by atoms with E-state index in [-0.39, 0.29) is 6.54 Å². The largest absolute Gasteiger partial charge is 0.326 e. The van der Waals surface area contributed by atoms with Gasteiger partial charge in [-0.3, -0.25) is 0 Å². The Kier molecular flexibility index (Phi) is 4.92. The van der Waals surface area contributed by atoms with Crippen molar-refractivity contribution in [2.45, 2.75) is 31.7 Å². The van der Waals surface area contributed by atoms with Crippen molar-refractivity contribution in [2.24, 2.45) is 5.73 Å². The first-order valence-electron chi connectivity index (χ1n) is 6.11. The van der Waals surface area contributed by atoms with Gasteiger partial charge in [0.2, 0.25) is 10.0 Å². The molecule has 0 spiro atoms. The maximum atomic E-state index is 12.3. The lowest BCUT2D eigenvalue weighted by atomic mass is 10.3. The SMILES string of the molecule is Cc1csc(CCNS(=O)(=O)c2c(C)csc2CN)n1. The van der Waals surface area contributed by atoms with Crippen molar-refractivity contribution >= 4 is 32.7 Å². The third kappa shape index (κ3) is 3.44. The van der Waals surface area contributed by atoms with Crippen LogP contribution in [0.25, 0.3) is 0 Å². The second-order valence-corrected chi connectivity index (χ2v) is 8.02. The van der Waals surface area contributed by atoms with Gasteiger partial charge in [0.05, 0.1) is 5.01 Å². The van der Waals surface area contributed by atoms with Crippen LogP contribution in [0.4, 0.5) is 0 Å². The molecule has 2 aromatic rings. The minimum atomic E-state index is -3.50. The van der Waals surface area contributed by atoms with E-state index in [0.29, 0.717) is 22.7 Å². The third-order valence-electron chi connectivity index (χ3n) is 2.74. The van der Waals surface area contributed by atoms with Gasteiger partial charge in [0, 0.05) is 35.5 Å². The molecular weight excluding hydrogens is 314 g/mol. The minimum Gasteiger partial charge on any atom is -0.326 e. The molecule has 3 N–H and O–H groups in total. The van der Waals surface area contributed by atoms with E-state index in [9.17, 15) is 8.42 Å². The summed E-state index contributed by atoms with van der Waals surface area (Å²) in [7, 11) is -3.50. The van der Waals surface area contributed by atoms with Crippen molar-refractivity contribution in [1.29, 1.82) is 0 Å². The van der Waals surface area contributed by atoms with E-state index < -0.39 is 10.0 Å². The van der Waals surface area contributed by atoms with E-state index in [0.717, 1.165) is 16.3 Å². The maximum Gasteiger partial charge on any atom is 0.241 e. The molecule has 2 rings (SSSR count). The third-order valence-corrected chi connectivity index (χ3v) is 6.71. The van der Waals surface area contributed by atoms with Crippen LogP contribution >= 0.6 is 22.7 Å². The number of nitrogens with two attached hydrogens (primary N) is 1. The van der Waals surface area contributed by atoms with E-state index in [1.807, 2.05) is 17.7 Å². The van der Waals surface area contributed by atoms with Gasteiger partial charge in [-0.1, -0.05) is 0 Å². The number of aromatic nitrogens is 1. The first-order chi connectivity index (χ1) is 9.44. The maximum absolute atomic E-state index is 12.3. The number of hydrogen-bond donors (Lipinski definition) is 2. The van der Waals surface area contributed by atoms with Crippen LogP contribution in [0.3, 0.4) is 0 Å². The number of nitrogens with one attached hydrogen (secondary N) is 1. The number of aryl methyl sites for hydroxylation is 2. The Morgan fingerprint density at radius 1 is 1.30 bits per heavy atom. The highest BCUT2D eigenvalue weighted by molar-refractivity contribution is 7.89. The summed E-state index contributed by atoms with van der Waals surface area (Å²) >= 11 is 2.93. The molecule has 0 amide bonds. The van der Waals surface area contributed by atoms with Crippen LogP contribution in [0, 0.1) is 13.8 Å². The molecule has 2 aromatic heterocycles. The van der Waals surface area contributed by atoms with E-state index >= 15 is 0 Å². The zero-order valence-electron chi connectivity index (χ0n) is 11.3. The molecule has 0 fully saturated rings. The van der Waals surface area contributed by atoms with Crippen LogP contribution in [0.15, 0.2) is 15.7 Å². The molecule has 5 nitrogen and oxygen atoms in total. The normalized spacial score (nSPS) is 11.9. The summed E-state index contributed by atoms with van der Waals surface area (Å²) in [5.41, 5.74) is 7.30. The summed E-state index contributed by atoms with van der Waals surface area (Å²) in [4.78, 5) is 5.34. The van der Waals surface area contributed by atoms with Gasteiger partial charge in [0.25, 0.3) is 0 Å². The summed E-state index contributed by atoms with van der Waals surface area (Å²) in [6, 6.07) is 0. The summed E-state index contributed by atoms with van der Waals surface area (Å²) in [6.45, 7) is 4.29. The van der Waals surface area contributed by atoms with Crippen molar-refractivity contribution in [2.75, 3.05) is 6.54 Å². The number of nitrogens with zero attached hydrogens (tertiary/aromatic N) is 1. The molecule has 110 valence electrons. The first kappa shape index (κ1) is 15.6. The smallest absolute Gasteiger partial charge is 0.241 e. The molecule has 0 aliphatic carbocycles. The molecule has 0 aliphatic heterocycles. The highest BCUT2D eigenvalue weighted by atomic mass is 32.2. The number of thiazole rings is 1. The summed E-state index contributed by atoms with van der Waals surface area (Å²) in [5, 5.41) is 4.71. The molecule has 8 heteroatoms. The molecule has 0 saturated heterocycles. The molecule has 0 aromatic carbocycles. The monoisotopic (exact) mass is 331 g/mol. The lowest BCUT2D eigenvalue weighted by molar-refractivity contribution is 0.580. The number of hydrogen-bond acceptors (Lipinski definition) is 6. The van der Waals surface area contributed by atoms with Crippen LogP contribution in [0.2, 0.25) is 0 Å². The Hall–Kier alpha value is -0.800. The lowest BCUT2D eigenvalue weighted by Crippen LogP contribution is -2.27. The van der Waals surface area contributed by atoms with Gasteiger partial charge in [-0.25, -0.2) is 18.1 Å². The molecule has 0 saturated carbocycles. The molecule has 0 bridgehead atoms. The Morgan fingerprint density at radius 2 is 2.05 bits per heavy atom. The zero-order valence-corrected chi connectivity index (χ0v) is 13.8. The molecule has 0 radical (unpaired) electrons. The van der Waals surface area contributed by atoms with E-state index in [1.54, 1.807) is 18.3 Å². The molecule has 0 unspecified atom stereocenters. The Labute approximate surface area is 126 Å². The van der Waals surface area contributed by atoms with Gasteiger partial charge in [-0.2, -0.15) is 0 Å². The average Bonchev–Trinajstić information content (AvgIpc) is 2.95. The van der Waals surface area contributed by atoms with Crippen molar-refractivity contribution in [1.82, 2.24) is 9.71 Å². The van der Waals surface area contributed by atoms with Crippen LogP contribution in [0.5, 0.6) is 0 Å². The fraction of sp³-hybridized carbons (Fsp3) is 0.417. The molecular formula is C12H17N3O2S3. The predicted octanol–water partition coefficient (Wildman–Crippen LogP) is 1.80. The van der Waals surface area contributed by atoms with E-state index in [2.05, 4.69) is 9.71 Å². The summed E-state index contributed by atoms with van der Waals surface area (Å²) in [6.07, 6.45) is 0.596. The summed E-state index contributed by atoms with van der Waals surface area (Å²) < 4.78 is 27.2. The van der Waals surface area contributed by atoms with Crippen LogP contribution in [-0.2, 0) is 23.0 Å². The fourth-order valence-electron chi connectivity index (χ4n) is 1.87. The average molecular weight is 331 g/mol. The standard InChI is InChI=1S/C12H17N3O2S3/c1-8-6-18-10(5-13)12(8)20(16,17)14-4-3-11-15-9(2)7-19-11/h6-7,14H,3-5,13H2,1-2H3. The van der Waals surface area contributed by atoms with Gasteiger partial charge in [0.1, 0.15) is 4.90 Å². The van der Waals surface area contributed by atoms with Gasteiger partial charge < -0.3 is 5.73 Å². The summed E-state index contributed by atoms with van der Waals surface area (Å²) in [5.74, 6) is 0. The topological polar surface area (TPSA) is 85.1 Å².